The van der Waals surface area contributed by atoms with Crippen LogP contribution in [0, 0.1) is 6.92 Å². The third kappa shape index (κ3) is 4.71. The maximum absolute atomic E-state index is 12.3. The minimum Gasteiger partial charge on any atom is -0.342 e. The summed E-state index contributed by atoms with van der Waals surface area (Å²) in [4.78, 5) is 24.9. The summed E-state index contributed by atoms with van der Waals surface area (Å²) < 4.78 is 2.11. The van der Waals surface area contributed by atoms with Gasteiger partial charge in [-0.05, 0) is 52.0 Å². The molecular formula is C22H34N6O. The number of nitrogens with one attached hydrogen (secondary N) is 1. The van der Waals surface area contributed by atoms with Gasteiger partial charge in [0.2, 0.25) is 5.95 Å². The molecule has 0 amide bonds. The number of hydrogen-bond acceptors (Lipinski definition) is 5. The lowest BCUT2D eigenvalue weighted by atomic mass is 9.94. The van der Waals surface area contributed by atoms with Crippen LogP contribution in [-0.4, -0.2) is 50.8 Å². The first-order chi connectivity index (χ1) is 14.1. The predicted octanol–water partition coefficient (Wildman–Crippen LogP) is 3.05. The largest absolute Gasteiger partial charge is 0.342 e. The number of piperidine rings is 2. The second kappa shape index (κ2) is 9.11. The van der Waals surface area contributed by atoms with Gasteiger partial charge in [-0.1, -0.05) is 6.92 Å². The van der Waals surface area contributed by atoms with Crippen molar-refractivity contribution in [2.24, 2.45) is 0 Å². The summed E-state index contributed by atoms with van der Waals surface area (Å²) >= 11 is 0. The Bertz CT molecular complexity index is 866. The molecular weight excluding hydrogens is 364 g/mol. The van der Waals surface area contributed by atoms with E-state index in [0.29, 0.717) is 5.92 Å². The third-order valence-corrected chi connectivity index (χ3v) is 6.36. The van der Waals surface area contributed by atoms with Crippen molar-refractivity contribution in [3.63, 3.8) is 0 Å². The van der Waals surface area contributed by atoms with Crippen LogP contribution < -0.4 is 10.5 Å². The van der Waals surface area contributed by atoms with Crippen LogP contribution in [0.15, 0.2) is 17.1 Å². The lowest BCUT2D eigenvalue weighted by molar-refractivity contribution is 0.198. The molecule has 2 aromatic rings. The fraction of sp³-hybridized carbons (Fsp3) is 0.682. The van der Waals surface area contributed by atoms with E-state index in [0.717, 1.165) is 70.2 Å². The third-order valence-electron chi connectivity index (χ3n) is 6.36. The highest BCUT2D eigenvalue weighted by molar-refractivity contribution is 5.31. The van der Waals surface area contributed by atoms with E-state index in [1.165, 1.54) is 30.5 Å². The molecule has 1 N–H and O–H groups in total. The van der Waals surface area contributed by atoms with E-state index in [9.17, 15) is 4.79 Å². The van der Waals surface area contributed by atoms with Gasteiger partial charge in [0.15, 0.2) is 0 Å². The quantitative estimate of drug-likeness (QED) is 0.810. The van der Waals surface area contributed by atoms with Crippen molar-refractivity contribution < 1.29 is 0 Å². The molecule has 4 rings (SSSR count). The van der Waals surface area contributed by atoms with Gasteiger partial charge in [0.1, 0.15) is 0 Å². The summed E-state index contributed by atoms with van der Waals surface area (Å²) in [5.74, 6) is 1.08. The van der Waals surface area contributed by atoms with Crippen molar-refractivity contribution >= 4 is 5.95 Å². The van der Waals surface area contributed by atoms with E-state index < -0.39 is 0 Å². The zero-order chi connectivity index (χ0) is 20.2. The van der Waals surface area contributed by atoms with Gasteiger partial charge >= 0.3 is 0 Å². The molecule has 7 nitrogen and oxygen atoms in total. The summed E-state index contributed by atoms with van der Waals surface area (Å²) in [7, 11) is 0. The molecule has 0 radical (unpaired) electrons. The Morgan fingerprint density at radius 1 is 1.17 bits per heavy atom. The maximum Gasteiger partial charge on any atom is 0.252 e. The molecule has 2 fully saturated rings. The molecule has 4 heterocycles. The van der Waals surface area contributed by atoms with Crippen LogP contribution in [0.5, 0.6) is 0 Å². The molecule has 2 aromatic heterocycles. The van der Waals surface area contributed by atoms with Gasteiger partial charge in [-0.3, -0.25) is 19.4 Å². The Morgan fingerprint density at radius 2 is 2.00 bits per heavy atom. The van der Waals surface area contributed by atoms with Crippen LogP contribution >= 0.6 is 0 Å². The summed E-state index contributed by atoms with van der Waals surface area (Å²) in [6.45, 7) is 10.3. The van der Waals surface area contributed by atoms with Gasteiger partial charge in [0, 0.05) is 56.0 Å². The molecule has 158 valence electrons. The van der Waals surface area contributed by atoms with Crippen LogP contribution in [0.4, 0.5) is 5.95 Å². The van der Waals surface area contributed by atoms with Gasteiger partial charge < -0.3 is 4.90 Å². The monoisotopic (exact) mass is 398 g/mol. The van der Waals surface area contributed by atoms with Gasteiger partial charge in [-0.15, -0.1) is 0 Å². The fourth-order valence-electron chi connectivity index (χ4n) is 4.69. The Labute approximate surface area is 173 Å². The molecule has 2 aliphatic heterocycles. The fourth-order valence-corrected chi connectivity index (χ4v) is 4.69. The van der Waals surface area contributed by atoms with Gasteiger partial charge in [-0.25, -0.2) is 4.98 Å². The smallest absolute Gasteiger partial charge is 0.252 e. The predicted molar refractivity (Wildman–Crippen MR) is 115 cm³/mol. The number of likely N-dealkylation sites (tertiary alicyclic amines) is 1. The van der Waals surface area contributed by atoms with Crippen molar-refractivity contribution in [1.82, 2.24) is 24.6 Å². The van der Waals surface area contributed by atoms with Crippen molar-refractivity contribution in [1.29, 1.82) is 0 Å². The van der Waals surface area contributed by atoms with E-state index in [1.807, 2.05) is 6.20 Å². The average molecular weight is 399 g/mol. The highest BCUT2D eigenvalue weighted by atomic mass is 16.1. The van der Waals surface area contributed by atoms with Gasteiger partial charge in [0.25, 0.3) is 5.56 Å². The normalized spacial score (nSPS) is 20.9. The zero-order valence-electron chi connectivity index (χ0n) is 17.9. The molecule has 1 atom stereocenters. The lowest BCUT2D eigenvalue weighted by Crippen LogP contribution is -2.36. The number of anilines is 1. The molecule has 2 saturated heterocycles. The van der Waals surface area contributed by atoms with Crippen LogP contribution in [0.25, 0.3) is 0 Å². The molecule has 2 aliphatic rings. The highest BCUT2D eigenvalue weighted by Gasteiger charge is 2.25. The van der Waals surface area contributed by atoms with Gasteiger partial charge in [-0.2, -0.15) is 5.10 Å². The minimum atomic E-state index is -0.0237. The van der Waals surface area contributed by atoms with E-state index in [1.54, 1.807) is 6.07 Å². The maximum atomic E-state index is 12.3. The first-order valence-electron chi connectivity index (χ1n) is 11.2. The Hall–Kier alpha value is -2.15. The Kier molecular flexibility index (Phi) is 6.33. The summed E-state index contributed by atoms with van der Waals surface area (Å²) in [6, 6.07) is 1.71. The van der Waals surface area contributed by atoms with E-state index in [-0.39, 0.29) is 5.56 Å². The van der Waals surface area contributed by atoms with Gasteiger partial charge in [0.05, 0.1) is 11.9 Å². The van der Waals surface area contributed by atoms with Crippen LogP contribution in [0.2, 0.25) is 0 Å². The van der Waals surface area contributed by atoms with Crippen molar-refractivity contribution in [2.45, 2.75) is 71.4 Å². The van der Waals surface area contributed by atoms with Crippen molar-refractivity contribution in [2.75, 3.05) is 31.1 Å². The molecule has 7 heteroatoms. The number of H-pyrrole nitrogens is 1. The standard InChI is InChI=1S/C22H34N6O/c1-3-9-28-17(2)19(14-23-28)16-26-10-7-8-18(15-26)20-13-21(29)25-22(24-20)27-11-5-4-6-12-27/h13-14,18H,3-12,15-16H2,1-2H3,(H,24,25,29). The zero-order valence-corrected chi connectivity index (χ0v) is 17.9. The molecule has 1 unspecified atom stereocenters. The molecule has 29 heavy (non-hydrogen) atoms. The SMILES string of the molecule is CCCn1ncc(CN2CCCC(c3cc(=O)[nH]c(N4CCCCC4)n3)C2)c1C. The van der Waals surface area contributed by atoms with Crippen molar-refractivity contribution in [3.8, 4) is 0 Å². The molecule has 0 aromatic carbocycles. The summed E-state index contributed by atoms with van der Waals surface area (Å²) in [5, 5.41) is 4.55. The van der Waals surface area contributed by atoms with E-state index in [4.69, 9.17) is 4.98 Å². The Morgan fingerprint density at radius 3 is 2.79 bits per heavy atom. The molecule has 0 saturated carbocycles. The van der Waals surface area contributed by atoms with E-state index >= 15 is 0 Å². The second-order valence-electron chi connectivity index (χ2n) is 8.59. The number of hydrogen-bond donors (Lipinski definition) is 1. The molecule has 0 bridgehead atoms. The average Bonchev–Trinajstić information content (AvgIpc) is 3.08. The number of rotatable bonds is 6. The molecule has 0 aliphatic carbocycles. The summed E-state index contributed by atoms with van der Waals surface area (Å²) in [5.41, 5.74) is 3.52. The van der Waals surface area contributed by atoms with Crippen LogP contribution in [-0.2, 0) is 13.1 Å². The first kappa shape index (κ1) is 20.1. The number of aromatic amines is 1. The van der Waals surface area contributed by atoms with Crippen molar-refractivity contribution in [3.05, 3.63) is 39.6 Å². The lowest BCUT2D eigenvalue weighted by Gasteiger charge is -2.33. The number of aromatic nitrogens is 4. The van der Waals surface area contributed by atoms with Crippen LogP contribution in [0.1, 0.15) is 68.3 Å². The minimum absolute atomic E-state index is 0.0237. The highest BCUT2D eigenvalue weighted by Crippen LogP contribution is 2.27. The number of aryl methyl sites for hydroxylation is 1. The second-order valence-corrected chi connectivity index (χ2v) is 8.59. The van der Waals surface area contributed by atoms with Crippen LogP contribution in [0.3, 0.4) is 0 Å². The molecule has 0 spiro atoms. The number of nitrogens with zero attached hydrogens (tertiary/aromatic N) is 5. The Balaban J connectivity index is 1.47. The first-order valence-corrected chi connectivity index (χ1v) is 11.2. The van der Waals surface area contributed by atoms with E-state index in [2.05, 4.69) is 38.4 Å². The summed E-state index contributed by atoms with van der Waals surface area (Å²) in [6.07, 6.45) is 8.98. The topological polar surface area (TPSA) is 70.1 Å².